The molecule has 0 saturated heterocycles. The number of ether oxygens (including phenoxy) is 1. The van der Waals surface area contributed by atoms with Crippen LogP contribution in [0.3, 0.4) is 0 Å². The van der Waals surface area contributed by atoms with Crippen molar-refractivity contribution in [2.24, 2.45) is 0 Å². The number of rotatable bonds is 7. The Balaban J connectivity index is 1.65. The molecule has 1 N–H and O–H groups in total. The topological polar surface area (TPSA) is 51.2 Å². The Labute approximate surface area is 166 Å². The van der Waals surface area contributed by atoms with Crippen LogP contribution in [0.2, 0.25) is 5.02 Å². The molecule has 1 aromatic heterocycles. The van der Waals surface area contributed by atoms with Crippen LogP contribution in [0.5, 0.6) is 5.75 Å². The van der Waals surface area contributed by atoms with Gasteiger partial charge in [0.25, 0.3) is 5.91 Å². The van der Waals surface area contributed by atoms with E-state index in [0.29, 0.717) is 28.6 Å². The molecule has 0 bridgehead atoms. The van der Waals surface area contributed by atoms with Gasteiger partial charge in [-0.2, -0.15) is 0 Å². The number of hydrogen-bond acceptors (Lipinski definition) is 4. The molecule has 0 aliphatic carbocycles. The van der Waals surface area contributed by atoms with Crippen molar-refractivity contribution in [3.8, 4) is 16.3 Å². The minimum atomic E-state index is -0.393. The first-order valence-electron chi connectivity index (χ1n) is 8.48. The van der Waals surface area contributed by atoms with Crippen LogP contribution >= 0.6 is 22.9 Å². The summed E-state index contributed by atoms with van der Waals surface area (Å²) in [7, 11) is 0. The highest BCUT2D eigenvalue weighted by Gasteiger charge is 2.12. The largest absolute Gasteiger partial charge is 0.489 e. The Morgan fingerprint density at radius 2 is 2.04 bits per heavy atom. The maximum atomic E-state index is 13.8. The fourth-order valence-corrected chi connectivity index (χ4v) is 3.38. The smallest absolute Gasteiger partial charge is 0.270 e. The number of halogens is 2. The second-order valence-corrected chi connectivity index (χ2v) is 7.07. The molecular weight excluding hydrogens is 387 g/mol. The molecule has 0 fully saturated rings. The van der Waals surface area contributed by atoms with Crippen molar-refractivity contribution in [2.45, 2.75) is 20.0 Å². The molecular formula is C20H18ClFN2O2S. The zero-order chi connectivity index (χ0) is 19.2. The van der Waals surface area contributed by atoms with Crippen LogP contribution in [0, 0.1) is 5.82 Å². The van der Waals surface area contributed by atoms with Gasteiger partial charge >= 0.3 is 0 Å². The number of nitrogens with zero attached hydrogens (tertiary/aromatic N) is 1. The van der Waals surface area contributed by atoms with Crippen molar-refractivity contribution in [2.75, 3.05) is 6.54 Å². The standard InChI is InChI=1S/C20H18ClFN2O2S/c1-2-10-23-19(25)18-12-27-20(24-18)13-6-8-14(9-7-13)26-11-15-16(21)4-3-5-17(15)22/h3-9,12H,2,10-11H2,1H3,(H,23,25). The van der Waals surface area contributed by atoms with Gasteiger partial charge in [-0.1, -0.05) is 24.6 Å². The van der Waals surface area contributed by atoms with E-state index in [1.807, 2.05) is 19.1 Å². The van der Waals surface area contributed by atoms with Gasteiger partial charge in [-0.25, -0.2) is 9.37 Å². The third-order valence-electron chi connectivity index (χ3n) is 3.82. The second-order valence-electron chi connectivity index (χ2n) is 5.81. The van der Waals surface area contributed by atoms with E-state index in [9.17, 15) is 9.18 Å². The highest BCUT2D eigenvalue weighted by Crippen LogP contribution is 2.27. The number of nitrogens with one attached hydrogen (secondary N) is 1. The van der Waals surface area contributed by atoms with Crippen molar-refractivity contribution in [3.63, 3.8) is 0 Å². The van der Waals surface area contributed by atoms with E-state index < -0.39 is 5.82 Å². The van der Waals surface area contributed by atoms with Crippen molar-refractivity contribution in [3.05, 3.63) is 69.9 Å². The first kappa shape index (κ1) is 19.3. The minimum Gasteiger partial charge on any atom is -0.489 e. The summed E-state index contributed by atoms with van der Waals surface area (Å²) in [5, 5.41) is 5.64. The van der Waals surface area contributed by atoms with Crippen molar-refractivity contribution >= 4 is 28.8 Å². The van der Waals surface area contributed by atoms with Gasteiger partial charge in [0.05, 0.1) is 5.02 Å². The van der Waals surface area contributed by atoms with Crippen LogP contribution in [-0.2, 0) is 6.61 Å². The maximum Gasteiger partial charge on any atom is 0.270 e. The average molecular weight is 405 g/mol. The predicted octanol–water partition coefficient (Wildman–Crippen LogP) is 5.32. The third-order valence-corrected chi connectivity index (χ3v) is 5.06. The highest BCUT2D eigenvalue weighted by atomic mass is 35.5. The van der Waals surface area contributed by atoms with E-state index >= 15 is 0 Å². The number of hydrogen-bond donors (Lipinski definition) is 1. The maximum absolute atomic E-state index is 13.8. The monoisotopic (exact) mass is 404 g/mol. The van der Waals surface area contributed by atoms with Crippen LogP contribution < -0.4 is 10.1 Å². The van der Waals surface area contributed by atoms with Crippen LogP contribution in [-0.4, -0.2) is 17.4 Å². The van der Waals surface area contributed by atoms with Gasteiger partial charge in [-0.05, 0) is 42.8 Å². The summed E-state index contributed by atoms with van der Waals surface area (Å²) < 4.78 is 19.4. The Morgan fingerprint density at radius 1 is 1.26 bits per heavy atom. The van der Waals surface area contributed by atoms with E-state index in [2.05, 4.69) is 10.3 Å². The quantitative estimate of drug-likeness (QED) is 0.579. The number of aromatic nitrogens is 1. The van der Waals surface area contributed by atoms with Crippen LogP contribution in [0.1, 0.15) is 29.4 Å². The van der Waals surface area contributed by atoms with Gasteiger partial charge in [0, 0.05) is 23.1 Å². The summed E-state index contributed by atoms with van der Waals surface area (Å²) in [5.74, 6) is 0.0346. The van der Waals surface area contributed by atoms with Gasteiger partial charge in [0.2, 0.25) is 0 Å². The summed E-state index contributed by atoms with van der Waals surface area (Å²) in [6.45, 7) is 2.67. The Bertz CT molecular complexity index is 908. The molecule has 0 radical (unpaired) electrons. The number of amides is 1. The molecule has 4 nitrogen and oxygen atoms in total. The number of benzene rings is 2. The molecule has 140 valence electrons. The Hall–Kier alpha value is -2.44. The van der Waals surface area contributed by atoms with Crippen molar-refractivity contribution in [1.82, 2.24) is 10.3 Å². The Morgan fingerprint density at radius 3 is 2.74 bits per heavy atom. The molecule has 0 atom stereocenters. The molecule has 2 aromatic carbocycles. The second kappa shape index (κ2) is 8.97. The molecule has 0 unspecified atom stereocenters. The lowest BCUT2D eigenvalue weighted by Crippen LogP contribution is -2.24. The first-order valence-corrected chi connectivity index (χ1v) is 9.74. The highest BCUT2D eigenvalue weighted by molar-refractivity contribution is 7.13. The van der Waals surface area contributed by atoms with E-state index in [-0.39, 0.29) is 12.5 Å². The lowest BCUT2D eigenvalue weighted by molar-refractivity contribution is 0.0949. The van der Waals surface area contributed by atoms with E-state index in [1.165, 1.54) is 17.4 Å². The summed E-state index contributed by atoms with van der Waals surface area (Å²) in [6, 6.07) is 11.8. The summed E-state index contributed by atoms with van der Waals surface area (Å²) in [5.41, 5.74) is 1.62. The molecule has 1 heterocycles. The summed E-state index contributed by atoms with van der Waals surface area (Å²) >= 11 is 7.41. The average Bonchev–Trinajstić information content (AvgIpc) is 3.16. The molecule has 3 aromatic rings. The third kappa shape index (κ3) is 4.84. The van der Waals surface area contributed by atoms with Gasteiger partial charge in [0.15, 0.2) is 0 Å². The van der Waals surface area contributed by atoms with Crippen molar-refractivity contribution < 1.29 is 13.9 Å². The molecule has 0 saturated carbocycles. The summed E-state index contributed by atoms with van der Waals surface area (Å²) in [4.78, 5) is 16.3. The van der Waals surface area contributed by atoms with Gasteiger partial charge < -0.3 is 10.1 Å². The number of thiazole rings is 1. The van der Waals surface area contributed by atoms with Gasteiger partial charge in [-0.3, -0.25) is 4.79 Å². The van der Waals surface area contributed by atoms with Crippen molar-refractivity contribution in [1.29, 1.82) is 0 Å². The fourth-order valence-electron chi connectivity index (χ4n) is 2.36. The van der Waals surface area contributed by atoms with Crippen LogP contribution in [0.4, 0.5) is 4.39 Å². The normalized spacial score (nSPS) is 10.6. The van der Waals surface area contributed by atoms with Gasteiger partial charge in [0.1, 0.15) is 28.9 Å². The zero-order valence-corrected chi connectivity index (χ0v) is 16.2. The molecule has 0 spiro atoms. The minimum absolute atomic E-state index is 0.0455. The lowest BCUT2D eigenvalue weighted by Gasteiger charge is -2.09. The Kier molecular flexibility index (Phi) is 6.42. The molecule has 3 rings (SSSR count). The zero-order valence-electron chi connectivity index (χ0n) is 14.7. The molecule has 7 heteroatoms. The fraction of sp³-hybridized carbons (Fsp3) is 0.200. The van der Waals surface area contributed by atoms with E-state index in [0.717, 1.165) is 17.0 Å². The number of carbonyl (C=O) groups excluding carboxylic acids is 1. The van der Waals surface area contributed by atoms with Crippen LogP contribution in [0.25, 0.3) is 10.6 Å². The summed E-state index contributed by atoms with van der Waals surface area (Å²) in [6.07, 6.45) is 0.877. The molecule has 1 amide bonds. The molecule has 0 aliphatic rings. The van der Waals surface area contributed by atoms with E-state index in [4.69, 9.17) is 16.3 Å². The predicted molar refractivity (Wildman–Crippen MR) is 106 cm³/mol. The van der Waals surface area contributed by atoms with Crippen LogP contribution in [0.15, 0.2) is 47.8 Å². The first-order chi connectivity index (χ1) is 13.1. The van der Waals surface area contributed by atoms with E-state index in [1.54, 1.807) is 29.6 Å². The molecule has 27 heavy (non-hydrogen) atoms. The lowest BCUT2D eigenvalue weighted by atomic mass is 10.2. The van der Waals surface area contributed by atoms with Gasteiger partial charge in [-0.15, -0.1) is 11.3 Å². The SMILES string of the molecule is CCCNC(=O)c1csc(-c2ccc(OCc3c(F)cccc3Cl)cc2)n1. The number of carbonyl (C=O) groups is 1. The molecule has 0 aliphatic heterocycles.